The minimum absolute atomic E-state index is 0.00371. The number of nitrogens with zero attached hydrogens (tertiary/aromatic N) is 2. The highest BCUT2D eigenvalue weighted by Crippen LogP contribution is 2.43. The number of nitrogens with one attached hydrogen (secondary N) is 3. The fourth-order valence-electron chi connectivity index (χ4n) is 7.92. The van der Waals surface area contributed by atoms with E-state index in [9.17, 15) is 19.8 Å². The lowest BCUT2D eigenvalue weighted by molar-refractivity contribution is -0.137. The van der Waals surface area contributed by atoms with Crippen LogP contribution in [0.25, 0.3) is 33.2 Å². The van der Waals surface area contributed by atoms with Crippen LogP contribution in [0.2, 0.25) is 0 Å². The van der Waals surface area contributed by atoms with Gasteiger partial charge in [0, 0.05) is 58.3 Å². The molecule has 2 aliphatic heterocycles. The first-order chi connectivity index (χ1) is 24.5. The molecule has 5 rings (SSSR count). The van der Waals surface area contributed by atoms with Gasteiger partial charge in [0.2, 0.25) is 0 Å². The van der Waals surface area contributed by atoms with Crippen molar-refractivity contribution in [1.29, 1.82) is 0 Å². The third-order valence-corrected chi connectivity index (χ3v) is 11.1. The summed E-state index contributed by atoms with van der Waals surface area (Å²) in [6.45, 7) is 16.2. The van der Waals surface area contributed by atoms with Crippen LogP contribution < -0.4 is 5.32 Å². The zero-order valence-electron chi connectivity index (χ0n) is 31.7. The highest BCUT2D eigenvalue weighted by atomic mass is 16.4. The number of aromatic amines is 2. The van der Waals surface area contributed by atoms with E-state index in [1.165, 1.54) is 50.5 Å². The molecule has 3 aromatic heterocycles. The number of rotatable bonds is 16. The molecule has 8 bridgehead atoms. The number of hydrogen-bond acceptors (Lipinski definition) is 5. The van der Waals surface area contributed by atoms with Gasteiger partial charge in [-0.05, 0) is 105 Å². The third-order valence-electron chi connectivity index (χ3n) is 11.1. The summed E-state index contributed by atoms with van der Waals surface area (Å²) in [5.74, 6) is -2.17. The number of carbonyl (C=O) groups is 2. The van der Waals surface area contributed by atoms with Crippen LogP contribution in [0.3, 0.4) is 0 Å². The number of carboxylic acid groups (broad SMARTS) is 2. The van der Waals surface area contributed by atoms with Crippen molar-refractivity contribution in [1.82, 2.24) is 25.3 Å². The molecule has 5 N–H and O–H groups in total. The van der Waals surface area contributed by atoms with Crippen molar-refractivity contribution in [3.05, 3.63) is 68.8 Å². The second kappa shape index (κ2) is 16.9. The molecule has 0 spiro atoms. The van der Waals surface area contributed by atoms with E-state index in [1.807, 2.05) is 19.9 Å². The first-order valence-electron chi connectivity index (χ1n) is 19.1. The molecule has 5 heterocycles. The van der Waals surface area contributed by atoms with E-state index in [0.29, 0.717) is 34.6 Å². The van der Waals surface area contributed by atoms with Crippen molar-refractivity contribution in [3.8, 4) is 0 Å². The summed E-state index contributed by atoms with van der Waals surface area (Å²) in [4.78, 5) is 41.9. The van der Waals surface area contributed by atoms with Crippen LogP contribution in [0.1, 0.15) is 154 Å². The van der Waals surface area contributed by atoms with Crippen molar-refractivity contribution < 1.29 is 19.8 Å². The molecule has 0 fully saturated rings. The minimum atomic E-state index is -1.04. The summed E-state index contributed by atoms with van der Waals surface area (Å²) in [6, 6.07) is 6.27. The molecule has 0 saturated heterocycles. The molecule has 51 heavy (non-hydrogen) atoms. The molecular weight excluding hydrogens is 638 g/mol. The minimum Gasteiger partial charge on any atom is -0.481 e. The number of aliphatic carboxylic acids is 2. The lowest BCUT2D eigenvalue weighted by Crippen LogP contribution is -2.15. The van der Waals surface area contributed by atoms with Crippen LogP contribution in [0.4, 0.5) is 0 Å². The number of aryl methyl sites for hydroxylation is 3. The zero-order chi connectivity index (χ0) is 36.8. The lowest BCUT2D eigenvalue weighted by atomic mass is 9.85. The maximum Gasteiger partial charge on any atom is 0.338 e. The largest absolute Gasteiger partial charge is 0.481 e. The van der Waals surface area contributed by atoms with Crippen molar-refractivity contribution in [2.24, 2.45) is 0 Å². The van der Waals surface area contributed by atoms with Crippen LogP contribution in [0.15, 0.2) is 18.2 Å². The van der Waals surface area contributed by atoms with Crippen molar-refractivity contribution >= 4 is 45.2 Å². The number of fused-ring (bicyclic) bond motifs is 8. The quantitative estimate of drug-likeness (QED) is 0.0939. The molecule has 0 radical (unpaired) electrons. The van der Waals surface area contributed by atoms with Crippen LogP contribution >= 0.6 is 0 Å². The second-order valence-corrected chi connectivity index (χ2v) is 14.6. The van der Waals surface area contributed by atoms with Gasteiger partial charge in [-0.2, -0.15) is 0 Å². The standard InChI is InChI=1S/C42H57N5O4/c1-8-10-11-12-13-14-15-16-19-43-23-31-26(5)32-20-34-25(4)30(17-18-38(48)49)40(46-34)28(7)41-39(42(50)51)27(6)35(47-41)22-36-29(9-2)24(3)33(44-36)21-37(31)45-32/h20-22,25,30,43-45H,8-19,23H2,1-7H3,(H,48,49)(H,50,51)/t25-,30-/m0/s1. The Morgan fingerprint density at radius 3 is 2.06 bits per heavy atom. The Labute approximate surface area is 302 Å². The number of aromatic nitrogens is 4. The van der Waals surface area contributed by atoms with E-state index in [1.54, 1.807) is 0 Å². The smallest absolute Gasteiger partial charge is 0.338 e. The topological polar surface area (TPSA) is 144 Å². The average molecular weight is 696 g/mol. The number of H-pyrrole nitrogens is 2. The molecule has 3 aromatic rings. The summed E-state index contributed by atoms with van der Waals surface area (Å²) in [6.07, 6.45) is 11.5. The van der Waals surface area contributed by atoms with E-state index >= 15 is 0 Å². The van der Waals surface area contributed by atoms with Gasteiger partial charge >= 0.3 is 11.9 Å². The van der Waals surface area contributed by atoms with Crippen LogP contribution in [-0.2, 0) is 22.6 Å². The van der Waals surface area contributed by atoms with Gasteiger partial charge in [0.25, 0.3) is 0 Å². The Hall–Kier alpha value is -4.24. The maximum atomic E-state index is 12.7. The lowest BCUT2D eigenvalue weighted by Gasteiger charge is -2.16. The number of allylic oxidation sites excluding steroid dienone is 1. The molecule has 2 atom stereocenters. The van der Waals surface area contributed by atoms with Gasteiger partial charge in [-0.15, -0.1) is 0 Å². The molecule has 0 aromatic carbocycles. The highest BCUT2D eigenvalue weighted by Gasteiger charge is 2.33. The molecule has 2 aliphatic rings. The van der Waals surface area contributed by atoms with Crippen LogP contribution in [0, 0.1) is 20.8 Å². The van der Waals surface area contributed by atoms with E-state index in [2.05, 4.69) is 62.0 Å². The number of carboxylic acids is 2. The second-order valence-electron chi connectivity index (χ2n) is 14.6. The first kappa shape index (κ1) is 38.0. The van der Waals surface area contributed by atoms with Crippen LogP contribution in [-0.4, -0.2) is 48.6 Å². The molecule has 0 unspecified atom stereocenters. The van der Waals surface area contributed by atoms with Gasteiger partial charge in [-0.3, -0.25) is 9.78 Å². The van der Waals surface area contributed by atoms with Gasteiger partial charge in [0.05, 0.1) is 17.0 Å². The molecule has 0 amide bonds. The Kier molecular flexibility index (Phi) is 12.6. The molecule has 274 valence electrons. The SMILES string of the molecule is CCCCCCCCCCNCc1c(C)c2cc3nc(c(C)c4nc(cc5[nH]c(cc1[nH]2)c(C)c5CC)C(C)=C4C(=O)O)[C@@H](CCC(=O)O)[C@@H]3C. The molecule has 9 nitrogen and oxygen atoms in total. The van der Waals surface area contributed by atoms with Gasteiger partial charge in [-0.25, -0.2) is 9.78 Å². The van der Waals surface area contributed by atoms with E-state index in [4.69, 9.17) is 9.97 Å². The van der Waals surface area contributed by atoms with E-state index in [0.717, 1.165) is 70.4 Å². The average Bonchev–Trinajstić information content (AvgIpc) is 3.77. The van der Waals surface area contributed by atoms with Crippen molar-refractivity contribution in [3.63, 3.8) is 0 Å². The molecule has 9 heteroatoms. The number of hydrogen-bond donors (Lipinski definition) is 5. The Morgan fingerprint density at radius 2 is 1.41 bits per heavy atom. The Balaban J connectivity index is 1.66. The fourth-order valence-corrected chi connectivity index (χ4v) is 7.92. The summed E-state index contributed by atoms with van der Waals surface area (Å²) in [5, 5.41) is 23.7. The number of unbranched alkanes of at least 4 members (excludes halogenated alkanes) is 7. The van der Waals surface area contributed by atoms with E-state index < -0.39 is 11.9 Å². The fraction of sp³-hybridized carbons (Fsp3) is 0.524. The highest BCUT2D eigenvalue weighted by molar-refractivity contribution is 6.24. The van der Waals surface area contributed by atoms with E-state index in [-0.39, 0.29) is 23.8 Å². The van der Waals surface area contributed by atoms with Gasteiger partial charge in [-0.1, -0.05) is 65.7 Å². The predicted molar refractivity (Wildman–Crippen MR) is 207 cm³/mol. The summed E-state index contributed by atoms with van der Waals surface area (Å²) < 4.78 is 0. The Morgan fingerprint density at radius 1 is 0.784 bits per heavy atom. The molecular formula is C42H57N5O4. The zero-order valence-corrected chi connectivity index (χ0v) is 31.7. The van der Waals surface area contributed by atoms with Crippen molar-refractivity contribution in [2.45, 2.75) is 137 Å². The molecule has 0 aliphatic carbocycles. The normalized spacial score (nSPS) is 15.9. The predicted octanol–water partition coefficient (Wildman–Crippen LogP) is 9.80. The summed E-state index contributed by atoms with van der Waals surface area (Å²) in [5.41, 5.74) is 12.6. The van der Waals surface area contributed by atoms with Crippen molar-refractivity contribution in [2.75, 3.05) is 6.54 Å². The monoisotopic (exact) mass is 695 g/mol. The van der Waals surface area contributed by atoms with Gasteiger partial charge in [0.1, 0.15) is 0 Å². The molecule has 0 saturated carbocycles. The summed E-state index contributed by atoms with van der Waals surface area (Å²) in [7, 11) is 0. The third kappa shape index (κ3) is 8.30. The van der Waals surface area contributed by atoms with Crippen LogP contribution in [0.5, 0.6) is 0 Å². The maximum absolute atomic E-state index is 12.7. The Bertz CT molecular complexity index is 1970. The van der Waals surface area contributed by atoms with Gasteiger partial charge < -0.3 is 25.5 Å². The van der Waals surface area contributed by atoms with Gasteiger partial charge in [0.15, 0.2) is 0 Å². The summed E-state index contributed by atoms with van der Waals surface area (Å²) >= 11 is 0. The first-order valence-corrected chi connectivity index (χ1v) is 19.1.